The SMILES string of the molecule is O=c1c2cc(-c3ccc(OC(F)(F)F)cc3)ccc2nnn1O. The molecule has 23 heavy (non-hydrogen) atoms. The van der Waals surface area contributed by atoms with Crippen molar-refractivity contribution in [2.75, 3.05) is 0 Å². The van der Waals surface area contributed by atoms with Crippen molar-refractivity contribution >= 4 is 10.9 Å². The van der Waals surface area contributed by atoms with Crippen LogP contribution in [0.1, 0.15) is 0 Å². The summed E-state index contributed by atoms with van der Waals surface area (Å²) in [7, 11) is 0. The van der Waals surface area contributed by atoms with Gasteiger partial charge in [0.15, 0.2) is 0 Å². The Morgan fingerprint density at radius 1 is 1.04 bits per heavy atom. The Morgan fingerprint density at radius 3 is 2.35 bits per heavy atom. The Bertz CT molecular complexity index is 920. The van der Waals surface area contributed by atoms with E-state index in [2.05, 4.69) is 15.0 Å². The Balaban J connectivity index is 2.00. The Hall–Kier alpha value is -3.10. The monoisotopic (exact) mass is 323 g/mol. The van der Waals surface area contributed by atoms with Gasteiger partial charge >= 0.3 is 11.9 Å². The van der Waals surface area contributed by atoms with E-state index in [1.54, 1.807) is 6.07 Å². The minimum Gasteiger partial charge on any atom is -0.407 e. The maximum absolute atomic E-state index is 12.1. The second-order valence-electron chi connectivity index (χ2n) is 4.59. The minimum absolute atomic E-state index is 0.117. The second-order valence-corrected chi connectivity index (χ2v) is 4.59. The average molecular weight is 323 g/mol. The number of ether oxygens (including phenoxy) is 1. The summed E-state index contributed by atoms with van der Waals surface area (Å²) in [5, 5.41) is 16.3. The molecule has 2 aromatic carbocycles. The Kier molecular flexibility index (Phi) is 3.40. The first kappa shape index (κ1) is 14.8. The molecule has 1 N–H and O–H groups in total. The Morgan fingerprint density at radius 2 is 1.70 bits per heavy atom. The molecule has 0 bridgehead atoms. The van der Waals surface area contributed by atoms with Crippen LogP contribution in [0.25, 0.3) is 22.0 Å². The van der Waals surface area contributed by atoms with Crippen LogP contribution < -0.4 is 10.3 Å². The van der Waals surface area contributed by atoms with Crippen molar-refractivity contribution in [2.24, 2.45) is 0 Å². The van der Waals surface area contributed by atoms with Crippen molar-refractivity contribution in [1.82, 2.24) is 15.2 Å². The maximum atomic E-state index is 12.1. The molecule has 0 saturated heterocycles. The van der Waals surface area contributed by atoms with Crippen molar-refractivity contribution in [1.29, 1.82) is 0 Å². The van der Waals surface area contributed by atoms with Gasteiger partial charge in [0.05, 0.1) is 5.39 Å². The lowest BCUT2D eigenvalue weighted by Gasteiger charge is -2.09. The lowest BCUT2D eigenvalue weighted by Crippen LogP contribution is -2.21. The summed E-state index contributed by atoms with van der Waals surface area (Å²) in [5.74, 6) is -0.342. The van der Waals surface area contributed by atoms with E-state index in [-0.39, 0.29) is 16.0 Å². The van der Waals surface area contributed by atoms with E-state index in [4.69, 9.17) is 0 Å². The molecule has 1 aromatic heterocycles. The smallest absolute Gasteiger partial charge is 0.407 e. The summed E-state index contributed by atoms with van der Waals surface area (Å²) in [6, 6.07) is 9.82. The topological polar surface area (TPSA) is 77.2 Å². The molecule has 0 fully saturated rings. The van der Waals surface area contributed by atoms with Gasteiger partial charge in [-0.1, -0.05) is 18.2 Å². The van der Waals surface area contributed by atoms with Crippen LogP contribution in [-0.2, 0) is 0 Å². The Labute approximate surface area is 126 Å². The van der Waals surface area contributed by atoms with Crippen molar-refractivity contribution in [3.8, 4) is 16.9 Å². The predicted molar refractivity (Wildman–Crippen MR) is 73.1 cm³/mol. The molecule has 0 atom stereocenters. The molecule has 0 aliphatic heterocycles. The lowest BCUT2D eigenvalue weighted by molar-refractivity contribution is -0.274. The van der Waals surface area contributed by atoms with E-state index in [0.29, 0.717) is 16.6 Å². The summed E-state index contributed by atoms with van der Waals surface area (Å²) in [5.41, 5.74) is 0.693. The number of halogens is 3. The molecule has 3 rings (SSSR count). The molecule has 0 radical (unpaired) electrons. The molecule has 9 heteroatoms. The highest BCUT2D eigenvalue weighted by Crippen LogP contribution is 2.27. The number of nitrogens with zero attached hydrogens (tertiary/aromatic N) is 3. The zero-order chi connectivity index (χ0) is 16.6. The molecule has 0 saturated carbocycles. The zero-order valence-corrected chi connectivity index (χ0v) is 11.3. The predicted octanol–water partition coefficient (Wildman–Crippen LogP) is 2.59. The van der Waals surface area contributed by atoms with Crippen molar-refractivity contribution in [3.05, 3.63) is 52.8 Å². The summed E-state index contributed by atoms with van der Waals surface area (Å²) in [6.07, 6.45) is -4.75. The molecule has 3 aromatic rings. The van der Waals surface area contributed by atoms with Gasteiger partial charge in [-0.15, -0.1) is 18.3 Å². The molecule has 6 nitrogen and oxygen atoms in total. The molecule has 0 aliphatic rings. The largest absolute Gasteiger partial charge is 0.573 e. The highest BCUT2D eigenvalue weighted by Gasteiger charge is 2.30. The van der Waals surface area contributed by atoms with Crippen LogP contribution in [0.3, 0.4) is 0 Å². The minimum atomic E-state index is -4.75. The molecule has 0 spiro atoms. The molecule has 118 valence electrons. The number of alkyl halides is 3. The van der Waals surface area contributed by atoms with Gasteiger partial charge in [-0.05, 0) is 45.5 Å². The van der Waals surface area contributed by atoms with Crippen LogP contribution in [0.4, 0.5) is 13.2 Å². The van der Waals surface area contributed by atoms with Gasteiger partial charge < -0.3 is 9.94 Å². The maximum Gasteiger partial charge on any atom is 0.573 e. The van der Waals surface area contributed by atoms with E-state index in [0.717, 1.165) is 0 Å². The fourth-order valence-electron chi connectivity index (χ4n) is 2.06. The average Bonchev–Trinajstić information content (AvgIpc) is 2.50. The van der Waals surface area contributed by atoms with E-state index in [1.165, 1.54) is 36.4 Å². The third kappa shape index (κ3) is 3.07. The number of aromatic nitrogens is 3. The van der Waals surface area contributed by atoms with Gasteiger partial charge in [0.2, 0.25) is 0 Å². The van der Waals surface area contributed by atoms with Crippen LogP contribution in [0.5, 0.6) is 5.75 Å². The molecule has 0 unspecified atom stereocenters. The van der Waals surface area contributed by atoms with E-state index in [1.807, 2.05) is 0 Å². The van der Waals surface area contributed by atoms with Crippen molar-refractivity contribution < 1.29 is 23.1 Å². The third-order valence-electron chi connectivity index (χ3n) is 3.07. The summed E-state index contributed by atoms with van der Waals surface area (Å²) >= 11 is 0. The van der Waals surface area contributed by atoms with Gasteiger partial charge in [0.1, 0.15) is 11.3 Å². The first-order chi connectivity index (χ1) is 10.8. The van der Waals surface area contributed by atoms with Gasteiger partial charge in [0, 0.05) is 0 Å². The van der Waals surface area contributed by atoms with Crippen molar-refractivity contribution in [2.45, 2.75) is 6.36 Å². The van der Waals surface area contributed by atoms with Crippen LogP contribution in [0.15, 0.2) is 47.3 Å². The van der Waals surface area contributed by atoms with Gasteiger partial charge in [-0.25, -0.2) is 0 Å². The summed E-state index contributed by atoms with van der Waals surface area (Å²) in [6.45, 7) is 0. The fourth-order valence-corrected chi connectivity index (χ4v) is 2.06. The number of benzene rings is 2. The number of hydrogen-bond acceptors (Lipinski definition) is 5. The molecule has 0 aliphatic carbocycles. The van der Waals surface area contributed by atoms with Gasteiger partial charge in [-0.2, -0.15) is 0 Å². The highest BCUT2D eigenvalue weighted by molar-refractivity contribution is 5.83. The van der Waals surface area contributed by atoms with Crippen LogP contribution in [-0.4, -0.2) is 26.7 Å². The normalized spacial score (nSPS) is 11.6. The zero-order valence-electron chi connectivity index (χ0n) is 11.3. The highest BCUT2D eigenvalue weighted by atomic mass is 19.4. The first-order valence-electron chi connectivity index (χ1n) is 6.29. The third-order valence-corrected chi connectivity index (χ3v) is 3.07. The first-order valence-corrected chi connectivity index (χ1v) is 6.29. The molecular weight excluding hydrogens is 315 g/mol. The number of rotatable bonds is 2. The van der Waals surface area contributed by atoms with Crippen molar-refractivity contribution in [3.63, 3.8) is 0 Å². The quantitative estimate of drug-likeness (QED) is 0.734. The fraction of sp³-hybridized carbons (Fsp3) is 0.0714. The van der Waals surface area contributed by atoms with Crippen LogP contribution in [0, 0.1) is 0 Å². The van der Waals surface area contributed by atoms with E-state index in [9.17, 15) is 23.2 Å². The molecule has 1 heterocycles. The number of fused-ring (bicyclic) bond motifs is 1. The van der Waals surface area contributed by atoms with Gasteiger partial charge in [-0.3, -0.25) is 4.79 Å². The number of hydrogen-bond donors (Lipinski definition) is 1. The second kappa shape index (κ2) is 5.27. The van der Waals surface area contributed by atoms with E-state index >= 15 is 0 Å². The van der Waals surface area contributed by atoms with Crippen LogP contribution in [0.2, 0.25) is 0 Å². The summed E-state index contributed by atoms with van der Waals surface area (Å²) in [4.78, 5) is 11.9. The standard InChI is InChI=1S/C14H8F3N3O3/c15-14(16,17)23-10-4-1-8(2-5-10)9-3-6-12-11(7-9)13(21)20(22)19-18-12/h1-7,22H. The van der Waals surface area contributed by atoms with Gasteiger partial charge in [0.25, 0.3) is 0 Å². The lowest BCUT2D eigenvalue weighted by atomic mass is 10.0. The van der Waals surface area contributed by atoms with E-state index < -0.39 is 11.9 Å². The summed E-state index contributed by atoms with van der Waals surface area (Å²) < 4.78 is 40.2. The van der Waals surface area contributed by atoms with Crippen LogP contribution >= 0.6 is 0 Å². The molecule has 0 amide bonds. The molecular formula is C14H8F3N3O3.